The topological polar surface area (TPSA) is 155 Å². The van der Waals surface area contributed by atoms with E-state index in [9.17, 15) is 26.4 Å². The molecule has 0 radical (unpaired) electrons. The highest BCUT2D eigenvalue weighted by Crippen LogP contribution is 2.22. The van der Waals surface area contributed by atoms with Gasteiger partial charge in [0.15, 0.2) is 14.6 Å². The standard InChI is InChI=1S/C20H21N3O7S3/c1-3-30-18(24)12-23-16-10-9-15(33(21,28)29)11-17(16)31-20(23)22-19(25)13-5-7-14(8-6-13)32(26,27)4-2/h5-11H,3-4,12H2,1-2H3,(H2,21,28,29). The second kappa shape index (κ2) is 9.55. The fraction of sp³-hybridized carbons (Fsp3) is 0.250. The van der Waals surface area contributed by atoms with Gasteiger partial charge in [-0.3, -0.25) is 9.59 Å². The van der Waals surface area contributed by atoms with Gasteiger partial charge in [-0.25, -0.2) is 22.0 Å². The van der Waals surface area contributed by atoms with Gasteiger partial charge in [0.05, 0.1) is 32.4 Å². The van der Waals surface area contributed by atoms with Gasteiger partial charge < -0.3 is 9.30 Å². The first-order valence-corrected chi connectivity index (χ1v) is 13.7. The molecule has 2 N–H and O–H groups in total. The average molecular weight is 512 g/mol. The Morgan fingerprint density at radius 1 is 1.03 bits per heavy atom. The summed E-state index contributed by atoms with van der Waals surface area (Å²) in [5.41, 5.74) is 0.617. The molecule has 3 aromatic rings. The van der Waals surface area contributed by atoms with Gasteiger partial charge in [0.1, 0.15) is 6.54 Å². The first kappa shape index (κ1) is 24.8. The molecule has 10 nitrogen and oxygen atoms in total. The number of benzene rings is 2. The molecule has 0 unspecified atom stereocenters. The number of hydrogen-bond donors (Lipinski definition) is 1. The van der Waals surface area contributed by atoms with Crippen LogP contribution in [0.5, 0.6) is 0 Å². The van der Waals surface area contributed by atoms with Gasteiger partial charge in [0.25, 0.3) is 5.91 Å². The second-order valence-electron chi connectivity index (χ2n) is 6.80. The Morgan fingerprint density at radius 2 is 1.67 bits per heavy atom. The fourth-order valence-corrected chi connectivity index (χ4v) is 5.49. The second-order valence-corrected chi connectivity index (χ2v) is 11.6. The van der Waals surface area contributed by atoms with E-state index in [0.717, 1.165) is 11.3 Å². The Bertz CT molecular complexity index is 1500. The van der Waals surface area contributed by atoms with Crippen molar-refractivity contribution in [1.82, 2.24) is 4.57 Å². The normalized spacial score (nSPS) is 12.8. The smallest absolute Gasteiger partial charge is 0.326 e. The number of amides is 1. The number of esters is 1. The van der Waals surface area contributed by atoms with Crippen molar-refractivity contribution in [3.8, 4) is 0 Å². The number of primary sulfonamides is 1. The van der Waals surface area contributed by atoms with E-state index < -0.39 is 31.7 Å². The van der Waals surface area contributed by atoms with Gasteiger partial charge in [-0.2, -0.15) is 4.99 Å². The number of carbonyl (C=O) groups excluding carboxylic acids is 2. The number of aromatic nitrogens is 1. The van der Waals surface area contributed by atoms with Gasteiger partial charge in [-0.15, -0.1) is 0 Å². The van der Waals surface area contributed by atoms with E-state index >= 15 is 0 Å². The summed E-state index contributed by atoms with van der Waals surface area (Å²) in [4.78, 5) is 29.1. The Morgan fingerprint density at radius 3 is 2.24 bits per heavy atom. The molecular formula is C20H21N3O7S3. The van der Waals surface area contributed by atoms with Crippen LogP contribution < -0.4 is 9.94 Å². The number of fused-ring (bicyclic) bond motifs is 1. The third kappa shape index (κ3) is 5.55. The van der Waals surface area contributed by atoms with Crippen LogP contribution in [0.25, 0.3) is 10.2 Å². The van der Waals surface area contributed by atoms with E-state index in [1.165, 1.54) is 54.0 Å². The molecule has 0 fully saturated rings. The summed E-state index contributed by atoms with van der Waals surface area (Å²) in [5.74, 6) is -1.29. The third-order valence-corrected chi connectivity index (χ3v) is 8.32. The number of sulfonamides is 1. The van der Waals surface area contributed by atoms with Crippen LogP contribution in [0.1, 0.15) is 24.2 Å². The molecule has 0 saturated heterocycles. The third-order valence-electron chi connectivity index (χ3n) is 4.61. The van der Waals surface area contributed by atoms with Crippen LogP contribution in [0, 0.1) is 0 Å². The maximum absolute atomic E-state index is 12.8. The van der Waals surface area contributed by atoms with Crippen molar-refractivity contribution < 1.29 is 31.2 Å². The van der Waals surface area contributed by atoms with Gasteiger partial charge in [-0.05, 0) is 49.4 Å². The summed E-state index contributed by atoms with van der Waals surface area (Å²) in [7, 11) is -7.37. The lowest BCUT2D eigenvalue weighted by Crippen LogP contribution is -2.23. The quantitative estimate of drug-likeness (QED) is 0.471. The Labute approximate surface area is 194 Å². The van der Waals surface area contributed by atoms with Crippen molar-refractivity contribution in [1.29, 1.82) is 0 Å². The van der Waals surface area contributed by atoms with E-state index in [1.807, 2.05) is 0 Å². The predicted molar refractivity (Wildman–Crippen MR) is 122 cm³/mol. The zero-order valence-corrected chi connectivity index (χ0v) is 20.2. The molecule has 0 spiro atoms. The van der Waals surface area contributed by atoms with E-state index in [1.54, 1.807) is 6.92 Å². The minimum Gasteiger partial charge on any atom is -0.465 e. The zero-order valence-electron chi connectivity index (χ0n) is 17.7. The van der Waals surface area contributed by atoms with Crippen LogP contribution >= 0.6 is 11.3 Å². The number of carbonyl (C=O) groups is 2. The lowest BCUT2D eigenvalue weighted by Gasteiger charge is -2.06. The molecule has 0 aliphatic heterocycles. The molecule has 1 aromatic heterocycles. The van der Waals surface area contributed by atoms with Crippen molar-refractivity contribution in [2.24, 2.45) is 10.1 Å². The lowest BCUT2D eigenvalue weighted by atomic mass is 10.2. The zero-order chi connectivity index (χ0) is 24.4. The Kier molecular flexibility index (Phi) is 7.17. The van der Waals surface area contributed by atoms with Crippen molar-refractivity contribution in [2.75, 3.05) is 12.4 Å². The van der Waals surface area contributed by atoms with Crippen LogP contribution in [0.3, 0.4) is 0 Å². The maximum atomic E-state index is 12.8. The van der Waals surface area contributed by atoms with Crippen molar-refractivity contribution in [3.63, 3.8) is 0 Å². The molecule has 0 aliphatic carbocycles. The summed E-state index contributed by atoms with van der Waals surface area (Å²) in [6.45, 7) is 3.09. The SMILES string of the molecule is CCOC(=O)Cn1c(=NC(=O)c2ccc(S(=O)(=O)CC)cc2)sc2cc(S(N)(=O)=O)ccc21. The molecular weight excluding hydrogens is 490 g/mol. The Balaban J connectivity index is 2.11. The molecule has 13 heteroatoms. The minimum atomic E-state index is -3.95. The first-order valence-electron chi connectivity index (χ1n) is 9.70. The van der Waals surface area contributed by atoms with Crippen LogP contribution in [0.2, 0.25) is 0 Å². The van der Waals surface area contributed by atoms with Crippen molar-refractivity contribution in [2.45, 2.75) is 30.2 Å². The summed E-state index contributed by atoms with van der Waals surface area (Å²) >= 11 is 1.00. The highest BCUT2D eigenvalue weighted by Gasteiger charge is 2.17. The highest BCUT2D eigenvalue weighted by molar-refractivity contribution is 7.91. The summed E-state index contributed by atoms with van der Waals surface area (Å²) < 4.78 is 54.2. The number of rotatable bonds is 7. The van der Waals surface area contributed by atoms with Gasteiger partial charge >= 0.3 is 5.97 Å². The molecule has 1 amide bonds. The predicted octanol–water partition coefficient (Wildman–Crippen LogP) is 1.45. The lowest BCUT2D eigenvalue weighted by molar-refractivity contribution is -0.143. The van der Waals surface area contributed by atoms with Gasteiger partial charge in [0.2, 0.25) is 10.0 Å². The number of sulfone groups is 1. The van der Waals surface area contributed by atoms with Gasteiger partial charge in [-0.1, -0.05) is 18.3 Å². The van der Waals surface area contributed by atoms with Crippen LogP contribution in [0.4, 0.5) is 0 Å². The molecule has 176 valence electrons. The molecule has 1 heterocycles. The Hall–Kier alpha value is -2.87. The van der Waals surface area contributed by atoms with E-state index in [-0.39, 0.29) is 39.1 Å². The van der Waals surface area contributed by atoms with Crippen LogP contribution in [-0.4, -0.2) is 45.6 Å². The number of nitrogens with two attached hydrogens (primary N) is 1. The van der Waals surface area contributed by atoms with Crippen LogP contribution in [-0.2, 0) is 35.9 Å². The largest absolute Gasteiger partial charge is 0.465 e. The van der Waals surface area contributed by atoms with E-state index in [0.29, 0.717) is 10.2 Å². The number of ether oxygens (including phenoxy) is 1. The number of hydrogen-bond acceptors (Lipinski definition) is 8. The molecule has 0 aliphatic rings. The molecule has 0 atom stereocenters. The molecule has 3 rings (SSSR count). The summed E-state index contributed by atoms with van der Waals surface area (Å²) in [6, 6.07) is 9.48. The molecule has 2 aromatic carbocycles. The molecule has 0 saturated carbocycles. The summed E-state index contributed by atoms with van der Waals surface area (Å²) in [6.07, 6.45) is 0. The van der Waals surface area contributed by atoms with Crippen LogP contribution in [0.15, 0.2) is 57.2 Å². The molecule has 33 heavy (non-hydrogen) atoms. The van der Waals surface area contributed by atoms with Crippen molar-refractivity contribution in [3.05, 3.63) is 52.8 Å². The summed E-state index contributed by atoms with van der Waals surface area (Å²) in [5, 5.41) is 5.20. The van der Waals surface area contributed by atoms with Crippen molar-refractivity contribution >= 4 is 53.3 Å². The average Bonchev–Trinajstić information content (AvgIpc) is 3.09. The highest BCUT2D eigenvalue weighted by atomic mass is 32.2. The number of thiazole rings is 1. The number of nitrogens with zero attached hydrogens (tertiary/aromatic N) is 2. The van der Waals surface area contributed by atoms with E-state index in [2.05, 4.69) is 4.99 Å². The first-order chi connectivity index (χ1) is 15.5. The monoisotopic (exact) mass is 511 g/mol. The van der Waals surface area contributed by atoms with E-state index in [4.69, 9.17) is 9.88 Å². The fourth-order valence-electron chi connectivity index (χ4n) is 2.93. The molecule has 0 bridgehead atoms. The maximum Gasteiger partial charge on any atom is 0.326 e. The minimum absolute atomic E-state index is 0.0686. The van der Waals surface area contributed by atoms with Gasteiger partial charge in [0, 0.05) is 5.56 Å².